The number of rotatable bonds is 5. The molecule has 2 aromatic carbocycles. The van der Waals surface area contributed by atoms with Gasteiger partial charge in [0.1, 0.15) is 29.7 Å². The second-order valence-corrected chi connectivity index (χ2v) is 10.9. The van der Waals surface area contributed by atoms with Gasteiger partial charge in [-0.3, -0.25) is 0 Å². The van der Waals surface area contributed by atoms with Crippen LogP contribution in [0.5, 0.6) is 0 Å². The molecule has 192 valence electrons. The number of amides is 2. The van der Waals surface area contributed by atoms with Gasteiger partial charge in [0, 0.05) is 24.4 Å². The summed E-state index contributed by atoms with van der Waals surface area (Å²) in [7, 11) is 0. The number of aromatic nitrogens is 1. The minimum atomic E-state index is -0.288. The number of fused-ring (bicyclic) bond motifs is 2. The number of benzene rings is 2. The summed E-state index contributed by atoms with van der Waals surface area (Å²) in [5.74, 6) is -0.288. The fourth-order valence-corrected chi connectivity index (χ4v) is 6.36. The average Bonchev–Trinajstić information content (AvgIpc) is 3.16. The topological polar surface area (TPSA) is 54.0 Å². The Balaban J connectivity index is 1.54. The van der Waals surface area contributed by atoms with E-state index >= 15 is 0 Å². The molecule has 0 bridgehead atoms. The third-order valence-electron chi connectivity index (χ3n) is 7.42. The number of pyridine rings is 1. The molecule has 1 fully saturated rings. The third-order valence-corrected chi connectivity index (χ3v) is 8.43. The normalized spacial score (nSPS) is 20.3. The maximum atomic E-state index is 14.1. The number of piperidine rings is 1. The fraction of sp³-hybridized carbons (Fsp3) is 0.286. The zero-order chi connectivity index (χ0) is 26.0. The first-order valence-corrected chi connectivity index (χ1v) is 13.3. The van der Waals surface area contributed by atoms with Crippen LogP contribution in [0, 0.1) is 5.82 Å². The molecule has 0 radical (unpaired) electrons. The van der Waals surface area contributed by atoms with Crippen LogP contribution >= 0.6 is 34.8 Å². The van der Waals surface area contributed by atoms with Crippen molar-refractivity contribution in [2.45, 2.75) is 24.8 Å². The predicted octanol–water partition coefficient (Wildman–Crippen LogP) is 6.75. The largest absolute Gasteiger partial charge is 0.422 e. The summed E-state index contributed by atoms with van der Waals surface area (Å²) < 4.78 is 13.4. The summed E-state index contributed by atoms with van der Waals surface area (Å²) in [5, 5.41) is 7.96. The lowest BCUT2D eigenvalue weighted by molar-refractivity contribution is 0.189. The van der Waals surface area contributed by atoms with Gasteiger partial charge in [0.25, 0.3) is 0 Å². The summed E-state index contributed by atoms with van der Waals surface area (Å²) in [6, 6.07) is 13.4. The Kier molecular flexibility index (Phi) is 7.57. The van der Waals surface area contributed by atoms with E-state index in [-0.39, 0.29) is 21.7 Å². The number of carbonyl (C=O) groups is 1. The highest BCUT2D eigenvalue weighted by molar-refractivity contribution is 6.43. The van der Waals surface area contributed by atoms with Crippen molar-refractivity contribution >= 4 is 52.6 Å². The van der Waals surface area contributed by atoms with Gasteiger partial charge in [0.2, 0.25) is 0 Å². The van der Waals surface area contributed by atoms with Gasteiger partial charge in [0.05, 0.1) is 15.5 Å². The van der Waals surface area contributed by atoms with Gasteiger partial charge >= 0.3 is 6.03 Å². The average molecular weight is 561 g/mol. The first-order valence-electron chi connectivity index (χ1n) is 12.2. The molecule has 1 atom stereocenters. The van der Waals surface area contributed by atoms with E-state index in [9.17, 15) is 9.18 Å². The molecule has 3 aromatic rings. The molecule has 1 spiro atoms. The zero-order valence-electron chi connectivity index (χ0n) is 20.1. The molecule has 1 aromatic heterocycles. The van der Waals surface area contributed by atoms with Crippen molar-refractivity contribution in [3.05, 3.63) is 98.5 Å². The van der Waals surface area contributed by atoms with Crippen LogP contribution in [0.4, 0.5) is 14.9 Å². The lowest BCUT2D eigenvalue weighted by Gasteiger charge is -2.36. The molecule has 3 heterocycles. The van der Waals surface area contributed by atoms with E-state index in [4.69, 9.17) is 34.8 Å². The molecule has 5 nitrogen and oxygen atoms in total. The summed E-state index contributed by atoms with van der Waals surface area (Å²) >= 11 is 19.4. The number of hydrogen-bond donors (Lipinski definition) is 2. The minimum Gasteiger partial charge on any atom is -0.317 e. The van der Waals surface area contributed by atoms with Gasteiger partial charge in [-0.05, 0) is 73.5 Å². The first-order chi connectivity index (χ1) is 17.8. The lowest BCUT2D eigenvalue weighted by Crippen LogP contribution is -2.60. The van der Waals surface area contributed by atoms with E-state index in [0.29, 0.717) is 34.8 Å². The van der Waals surface area contributed by atoms with Gasteiger partial charge < -0.3 is 10.6 Å². The quantitative estimate of drug-likeness (QED) is 0.268. The summed E-state index contributed by atoms with van der Waals surface area (Å²) in [6.45, 7) is 2.96. The standard InChI is InChI=1S/C28H26Cl3FN4O/c29-22-7-8-23-25(26(22)31)28(10-13-33-14-11-28)18-36(23,15-1-2-19-3-5-21(32)6-4-19)27(37)35-17-20-9-12-34-24(30)16-20/h1-9,12,16,33H,10-11,13-15,17-18H2/p+1/b2-1+. The van der Waals surface area contributed by atoms with Crippen LogP contribution in [-0.4, -0.2) is 37.2 Å². The van der Waals surface area contributed by atoms with E-state index in [2.05, 4.69) is 15.6 Å². The number of urea groups is 1. The van der Waals surface area contributed by atoms with Gasteiger partial charge in [-0.2, -0.15) is 0 Å². The fourth-order valence-electron chi connectivity index (χ4n) is 5.65. The highest BCUT2D eigenvalue weighted by atomic mass is 35.5. The van der Waals surface area contributed by atoms with Crippen LogP contribution in [0.3, 0.4) is 0 Å². The van der Waals surface area contributed by atoms with E-state index in [1.807, 2.05) is 24.3 Å². The molecule has 2 aliphatic heterocycles. The molecule has 1 saturated heterocycles. The molecule has 1 unspecified atom stereocenters. The van der Waals surface area contributed by atoms with Crippen LogP contribution in [0.1, 0.15) is 29.5 Å². The smallest absolute Gasteiger partial charge is 0.317 e. The molecule has 37 heavy (non-hydrogen) atoms. The molecule has 2 N–H and O–H groups in total. The minimum absolute atomic E-state index is 0.0583. The number of carbonyl (C=O) groups excluding carboxylic acids is 1. The Morgan fingerprint density at radius 1 is 1.11 bits per heavy atom. The number of nitrogens with zero attached hydrogens (tertiary/aromatic N) is 2. The van der Waals surface area contributed by atoms with Crippen molar-refractivity contribution in [1.29, 1.82) is 0 Å². The van der Waals surface area contributed by atoms with Crippen LogP contribution in [-0.2, 0) is 12.0 Å². The van der Waals surface area contributed by atoms with Crippen molar-refractivity contribution in [2.75, 3.05) is 26.2 Å². The number of halogens is 4. The van der Waals surface area contributed by atoms with Gasteiger partial charge in [-0.15, -0.1) is 0 Å². The van der Waals surface area contributed by atoms with Crippen molar-refractivity contribution < 1.29 is 9.18 Å². The van der Waals surface area contributed by atoms with Crippen molar-refractivity contribution in [3.8, 4) is 0 Å². The second kappa shape index (κ2) is 10.7. The number of hydrogen-bond acceptors (Lipinski definition) is 3. The van der Waals surface area contributed by atoms with Crippen LogP contribution in [0.25, 0.3) is 6.08 Å². The van der Waals surface area contributed by atoms with Gasteiger partial charge in [0.15, 0.2) is 0 Å². The maximum Gasteiger partial charge on any atom is 0.422 e. The van der Waals surface area contributed by atoms with Gasteiger partial charge in [-0.25, -0.2) is 18.7 Å². The number of nitrogens with one attached hydrogen (secondary N) is 2. The summed E-state index contributed by atoms with van der Waals surface area (Å²) in [5.41, 5.74) is 3.28. The SMILES string of the molecule is O=C(NCc1ccnc(Cl)c1)[N+]1(C/C=C/c2ccc(F)cc2)CC2(CCNCC2)c2c1ccc(Cl)c2Cl. The van der Waals surface area contributed by atoms with E-state index in [1.54, 1.807) is 30.5 Å². The monoisotopic (exact) mass is 559 g/mol. The summed E-state index contributed by atoms with van der Waals surface area (Å²) in [4.78, 5) is 18.2. The zero-order valence-corrected chi connectivity index (χ0v) is 22.4. The Bertz CT molecular complexity index is 1340. The highest BCUT2D eigenvalue weighted by Gasteiger charge is 2.58. The maximum absolute atomic E-state index is 14.1. The highest BCUT2D eigenvalue weighted by Crippen LogP contribution is 2.54. The molecular formula is C28H27Cl3FN4O+. The molecule has 2 amide bonds. The first kappa shape index (κ1) is 26.1. The van der Waals surface area contributed by atoms with E-state index in [1.165, 1.54) is 12.1 Å². The Labute approximate surface area is 230 Å². The molecule has 0 aliphatic carbocycles. The predicted molar refractivity (Wildman–Crippen MR) is 149 cm³/mol. The Morgan fingerprint density at radius 2 is 1.86 bits per heavy atom. The van der Waals surface area contributed by atoms with Crippen LogP contribution < -0.4 is 15.1 Å². The van der Waals surface area contributed by atoms with Crippen molar-refractivity contribution in [2.24, 2.45) is 0 Å². The molecule has 5 rings (SSSR count). The van der Waals surface area contributed by atoms with E-state index in [0.717, 1.165) is 48.3 Å². The number of quaternary nitrogens is 1. The van der Waals surface area contributed by atoms with Gasteiger partial charge in [-0.1, -0.05) is 53.0 Å². The molecule has 0 saturated carbocycles. The van der Waals surface area contributed by atoms with E-state index < -0.39 is 0 Å². The molecule has 2 aliphatic rings. The summed E-state index contributed by atoms with van der Waals surface area (Å²) in [6.07, 6.45) is 7.23. The van der Waals surface area contributed by atoms with Crippen LogP contribution in [0.15, 0.2) is 60.8 Å². The third kappa shape index (κ3) is 5.14. The Morgan fingerprint density at radius 3 is 2.59 bits per heavy atom. The Hall–Kier alpha value is -2.48. The van der Waals surface area contributed by atoms with Crippen LogP contribution in [0.2, 0.25) is 15.2 Å². The molecule has 9 heteroatoms. The second-order valence-electron chi connectivity index (χ2n) is 9.69. The van der Waals surface area contributed by atoms with Crippen molar-refractivity contribution in [1.82, 2.24) is 20.1 Å². The lowest BCUT2D eigenvalue weighted by atomic mass is 9.74. The molecular weight excluding hydrogens is 534 g/mol. The van der Waals surface area contributed by atoms with Crippen molar-refractivity contribution in [3.63, 3.8) is 0 Å².